The van der Waals surface area contributed by atoms with E-state index in [9.17, 15) is 0 Å². The van der Waals surface area contributed by atoms with Gasteiger partial charge in [0.2, 0.25) is 5.69 Å². The van der Waals surface area contributed by atoms with Gasteiger partial charge in [-0.2, -0.15) is 9.13 Å². The average molecular weight is 276 g/mol. The van der Waals surface area contributed by atoms with Gasteiger partial charge in [0.25, 0.3) is 11.4 Å². The molecule has 2 aromatic heterocycles. The van der Waals surface area contributed by atoms with Crippen molar-refractivity contribution in [3.8, 4) is 22.6 Å². The lowest BCUT2D eigenvalue weighted by molar-refractivity contribution is -0.685. The minimum absolute atomic E-state index is 1.20. The minimum atomic E-state index is 1.20. The van der Waals surface area contributed by atoms with Crippen LogP contribution in [0.1, 0.15) is 5.56 Å². The van der Waals surface area contributed by atoms with Gasteiger partial charge in [0, 0.05) is 29.8 Å². The number of rotatable bonds is 2. The summed E-state index contributed by atoms with van der Waals surface area (Å²) in [7, 11) is 4.21. The molecule has 0 aliphatic carbocycles. The van der Waals surface area contributed by atoms with Crippen LogP contribution in [0.2, 0.25) is 0 Å². The van der Waals surface area contributed by atoms with Crippen LogP contribution in [0.3, 0.4) is 0 Å². The quantitative estimate of drug-likeness (QED) is 0.636. The predicted octanol–water partition coefficient (Wildman–Crippen LogP) is 2.98. The maximum Gasteiger partial charge on any atom is 0.277 e. The highest BCUT2D eigenvalue weighted by Gasteiger charge is 2.22. The minimum Gasteiger partial charge on any atom is -0.196 e. The van der Waals surface area contributed by atoms with E-state index in [2.05, 4.69) is 97.0 Å². The maximum atomic E-state index is 2.26. The Morgan fingerprint density at radius 1 is 0.667 bits per heavy atom. The Hall–Kier alpha value is -2.48. The number of benzene rings is 1. The highest BCUT2D eigenvalue weighted by molar-refractivity contribution is 5.62. The second-order valence-electron chi connectivity index (χ2n) is 5.37. The topological polar surface area (TPSA) is 7.76 Å². The van der Waals surface area contributed by atoms with Crippen LogP contribution in [0.15, 0.2) is 66.9 Å². The molecule has 0 atom stereocenters. The number of hydrogen-bond donors (Lipinski definition) is 0. The standard InChI is InChI=1S/C19H20N2/c1-15-9-4-5-10-16(15)17-12-8-13-19(21(17)3)18-11-6-7-14-20(18)2/h4-14H,1-3H3/q+2. The SMILES string of the molecule is Cc1ccccc1-c1cccc(-c2cccc[n+]2C)[n+]1C. The molecular formula is C19H20N2+2. The van der Waals surface area contributed by atoms with Gasteiger partial charge in [-0.3, -0.25) is 0 Å². The molecule has 0 radical (unpaired) electrons. The van der Waals surface area contributed by atoms with Crippen LogP contribution in [0, 0.1) is 6.92 Å². The van der Waals surface area contributed by atoms with Crippen LogP contribution in [-0.2, 0) is 14.1 Å². The lowest BCUT2D eigenvalue weighted by Crippen LogP contribution is -2.39. The van der Waals surface area contributed by atoms with Crippen LogP contribution in [0.4, 0.5) is 0 Å². The van der Waals surface area contributed by atoms with Crippen LogP contribution < -0.4 is 9.13 Å². The van der Waals surface area contributed by atoms with Crippen LogP contribution in [0.5, 0.6) is 0 Å². The molecule has 0 unspecified atom stereocenters. The molecule has 104 valence electrons. The molecule has 2 heterocycles. The van der Waals surface area contributed by atoms with E-state index in [1.807, 2.05) is 0 Å². The Morgan fingerprint density at radius 2 is 1.33 bits per heavy atom. The van der Waals surface area contributed by atoms with Gasteiger partial charge in [-0.15, -0.1) is 0 Å². The Balaban J connectivity index is 2.21. The molecule has 0 fully saturated rings. The number of hydrogen-bond acceptors (Lipinski definition) is 0. The highest BCUT2D eigenvalue weighted by atomic mass is 15.0. The molecule has 21 heavy (non-hydrogen) atoms. The Morgan fingerprint density at radius 3 is 2.10 bits per heavy atom. The summed E-state index contributed by atoms with van der Waals surface area (Å²) in [5.74, 6) is 0. The Labute approximate surface area is 125 Å². The number of pyridine rings is 2. The van der Waals surface area contributed by atoms with Crippen molar-refractivity contribution in [2.24, 2.45) is 14.1 Å². The maximum absolute atomic E-state index is 2.26. The summed E-state index contributed by atoms with van der Waals surface area (Å²) >= 11 is 0. The molecule has 0 saturated heterocycles. The van der Waals surface area contributed by atoms with Gasteiger partial charge in [0.15, 0.2) is 6.20 Å². The van der Waals surface area contributed by atoms with E-state index >= 15 is 0 Å². The fraction of sp³-hybridized carbons (Fsp3) is 0.158. The van der Waals surface area contributed by atoms with Crippen molar-refractivity contribution in [1.29, 1.82) is 0 Å². The van der Waals surface area contributed by atoms with Gasteiger partial charge in [-0.1, -0.05) is 18.2 Å². The molecule has 0 bridgehead atoms. The van der Waals surface area contributed by atoms with Crippen molar-refractivity contribution < 1.29 is 9.13 Å². The van der Waals surface area contributed by atoms with Gasteiger partial charge in [-0.25, -0.2) is 0 Å². The summed E-state index contributed by atoms with van der Waals surface area (Å²) in [5, 5.41) is 0. The molecular weight excluding hydrogens is 256 g/mol. The number of aryl methyl sites for hydroxylation is 2. The molecule has 0 saturated carbocycles. The normalized spacial score (nSPS) is 10.6. The summed E-state index contributed by atoms with van der Waals surface area (Å²) in [4.78, 5) is 0. The fourth-order valence-corrected chi connectivity index (χ4v) is 2.76. The van der Waals surface area contributed by atoms with Crippen molar-refractivity contribution in [2.45, 2.75) is 6.92 Å². The van der Waals surface area contributed by atoms with Crippen molar-refractivity contribution in [2.75, 3.05) is 0 Å². The van der Waals surface area contributed by atoms with E-state index < -0.39 is 0 Å². The third-order valence-corrected chi connectivity index (χ3v) is 3.97. The Kier molecular flexibility index (Phi) is 3.53. The lowest BCUT2D eigenvalue weighted by Gasteiger charge is -2.06. The molecule has 0 N–H and O–H groups in total. The number of aromatic nitrogens is 2. The monoisotopic (exact) mass is 276 g/mol. The summed E-state index contributed by atoms with van der Waals surface area (Å²) in [5.41, 5.74) is 6.21. The first kappa shape index (κ1) is 13.5. The van der Waals surface area contributed by atoms with E-state index in [0.717, 1.165) is 0 Å². The second-order valence-corrected chi connectivity index (χ2v) is 5.37. The van der Waals surface area contributed by atoms with E-state index in [-0.39, 0.29) is 0 Å². The zero-order valence-corrected chi connectivity index (χ0v) is 12.7. The first-order valence-electron chi connectivity index (χ1n) is 7.18. The Bertz CT molecular complexity index is 727. The largest absolute Gasteiger partial charge is 0.277 e. The van der Waals surface area contributed by atoms with E-state index in [1.165, 1.54) is 28.2 Å². The van der Waals surface area contributed by atoms with Crippen molar-refractivity contribution in [1.82, 2.24) is 0 Å². The zero-order valence-electron chi connectivity index (χ0n) is 12.7. The van der Waals surface area contributed by atoms with E-state index in [4.69, 9.17) is 0 Å². The zero-order chi connectivity index (χ0) is 14.8. The van der Waals surface area contributed by atoms with Gasteiger partial charge >= 0.3 is 0 Å². The molecule has 0 aliphatic rings. The fourth-order valence-electron chi connectivity index (χ4n) is 2.76. The summed E-state index contributed by atoms with van der Waals surface area (Å²) in [6, 6.07) is 21.3. The van der Waals surface area contributed by atoms with E-state index in [0.29, 0.717) is 0 Å². The first-order chi connectivity index (χ1) is 10.2. The van der Waals surface area contributed by atoms with Crippen molar-refractivity contribution in [3.63, 3.8) is 0 Å². The molecule has 0 amide bonds. The lowest BCUT2D eigenvalue weighted by atomic mass is 10.0. The van der Waals surface area contributed by atoms with Crippen LogP contribution in [-0.4, -0.2) is 0 Å². The molecule has 3 rings (SSSR count). The van der Waals surface area contributed by atoms with E-state index in [1.54, 1.807) is 0 Å². The number of nitrogens with zero attached hydrogens (tertiary/aromatic N) is 2. The molecule has 3 aromatic rings. The third-order valence-electron chi connectivity index (χ3n) is 3.97. The van der Waals surface area contributed by atoms with Crippen molar-refractivity contribution >= 4 is 0 Å². The molecule has 2 nitrogen and oxygen atoms in total. The van der Waals surface area contributed by atoms with Crippen LogP contribution in [0.25, 0.3) is 22.6 Å². The molecule has 1 aromatic carbocycles. The van der Waals surface area contributed by atoms with Gasteiger partial charge in [-0.05, 0) is 30.7 Å². The molecule has 0 spiro atoms. The smallest absolute Gasteiger partial charge is 0.196 e. The first-order valence-corrected chi connectivity index (χ1v) is 7.18. The molecule has 2 heteroatoms. The van der Waals surface area contributed by atoms with Crippen molar-refractivity contribution in [3.05, 3.63) is 72.4 Å². The summed E-state index contributed by atoms with van der Waals surface area (Å²) < 4.78 is 4.41. The van der Waals surface area contributed by atoms with Gasteiger partial charge in [0.05, 0.1) is 0 Å². The average Bonchev–Trinajstić information content (AvgIpc) is 2.49. The van der Waals surface area contributed by atoms with Crippen LogP contribution >= 0.6 is 0 Å². The second kappa shape index (κ2) is 5.49. The molecule has 0 aliphatic heterocycles. The highest BCUT2D eigenvalue weighted by Crippen LogP contribution is 2.21. The van der Waals surface area contributed by atoms with Gasteiger partial charge in [0.1, 0.15) is 14.1 Å². The summed E-state index contributed by atoms with van der Waals surface area (Å²) in [6.07, 6.45) is 2.08. The summed E-state index contributed by atoms with van der Waals surface area (Å²) in [6.45, 7) is 2.16. The predicted molar refractivity (Wildman–Crippen MR) is 84.4 cm³/mol. The van der Waals surface area contributed by atoms with Gasteiger partial charge < -0.3 is 0 Å². The third kappa shape index (κ3) is 2.45.